The Morgan fingerprint density at radius 2 is 1.94 bits per heavy atom. The Morgan fingerprint density at radius 3 is 2.53 bits per heavy atom. The zero-order valence-electron chi connectivity index (χ0n) is 9.39. The standard InChI is InChI=1S/C13H12BrNOS/c1-16-12-4-6-13(7-5-12)17-9-11-3-2-10(14)8-15-11/h2-8H,9H2,1H3. The number of benzene rings is 1. The largest absolute Gasteiger partial charge is 0.497 e. The summed E-state index contributed by atoms with van der Waals surface area (Å²) in [5.41, 5.74) is 1.08. The Balaban J connectivity index is 1.95. The van der Waals surface area contributed by atoms with Crippen LogP contribution in [-0.2, 0) is 5.75 Å². The Labute approximate surface area is 114 Å². The molecule has 17 heavy (non-hydrogen) atoms. The van der Waals surface area contributed by atoms with E-state index in [9.17, 15) is 0 Å². The minimum atomic E-state index is 0.875. The van der Waals surface area contributed by atoms with Crippen LogP contribution in [0.3, 0.4) is 0 Å². The second-order valence-corrected chi connectivity index (χ2v) is 5.40. The molecule has 2 rings (SSSR count). The van der Waals surface area contributed by atoms with E-state index in [1.807, 2.05) is 30.5 Å². The molecular formula is C13H12BrNOS. The summed E-state index contributed by atoms with van der Waals surface area (Å²) in [5.74, 6) is 1.76. The van der Waals surface area contributed by atoms with Gasteiger partial charge in [-0.3, -0.25) is 4.98 Å². The van der Waals surface area contributed by atoms with Gasteiger partial charge in [-0.1, -0.05) is 0 Å². The minimum absolute atomic E-state index is 0.875. The van der Waals surface area contributed by atoms with E-state index in [4.69, 9.17) is 4.74 Å². The van der Waals surface area contributed by atoms with Crippen molar-refractivity contribution >= 4 is 27.7 Å². The summed E-state index contributed by atoms with van der Waals surface area (Å²) >= 11 is 5.14. The molecule has 0 saturated carbocycles. The molecular weight excluding hydrogens is 298 g/mol. The SMILES string of the molecule is COc1ccc(SCc2ccc(Br)cn2)cc1. The predicted molar refractivity (Wildman–Crippen MR) is 74.5 cm³/mol. The van der Waals surface area contributed by atoms with Crippen molar-refractivity contribution in [1.82, 2.24) is 4.98 Å². The summed E-state index contributed by atoms with van der Waals surface area (Å²) in [6, 6.07) is 12.1. The third kappa shape index (κ3) is 3.75. The molecule has 1 aromatic carbocycles. The predicted octanol–water partition coefficient (Wildman–Crippen LogP) is 4.15. The lowest BCUT2D eigenvalue weighted by atomic mass is 10.3. The highest BCUT2D eigenvalue weighted by Gasteiger charge is 1.98. The van der Waals surface area contributed by atoms with Crippen LogP contribution in [-0.4, -0.2) is 12.1 Å². The van der Waals surface area contributed by atoms with E-state index in [1.165, 1.54) is 4.90 Å². The van der Waals surface area contributed by atoms with E-state index in [1.54, 1.807) is 18.9 Å². The third-order valence-corrected chi connectivity index (χ3v) is 3.75. The zero-order chi connectivity index (χ0) is 12.1. The molecule has 0 unspecified atom stereocenters. The van der Waals surface area contributed by atoms with Gasteiger partial charge in [0, 0.05) is 21.3 Å². The second-order valence-electron chi connectivity index (χ2n) is 3.43. The van der Waals surface area contributed by atoms with Crippen LogP contribution in [0.5, 0.6) is 5.75 Å². The van der Waals surface area contributed by atoms with Crippen LogP contribution in [0, 0.1) is 0 Å². The van der Waals surface area contributed by atoms with Gasteiger partial charge in [-0.2, -0.15) is 0 Å². The molecule has 0 amide bonds. The molecule has 2 aromatic rings. The first-order valence-corrected chi connectivity index (χ1v) is 6.93. The van der Waals surface area contributed by atoms with Gasteiger partial charge in [0.25, 0.3) is 0 Å². The van der Waals surface area contributed by atoms with Gasteiger partial charge in [0.2, 0.25) is 0 Å². The number of pyridine rings is 1. The van der Waals surface area contributed by atoms with Crippen molar-refractivity contribution in [2.75, 3.05) is 7.11 Å². The van der Waals surface area contributed by atoms with Gasteiger partial charge in [-0.25, -0.2) is 0 Å². The lowest BCUT2D eigenvalue weighted by Gasteiger charge is -2.03. The van der Waals surface area contributed by atoms with Gasteiger partial charge in [-0.05, 0) is 52.3 Å². The molecule has 0 fully saturated rings. The number of halogens is 1. The van der Waals surface area contributed by atoms with Gasteiger partial charge in [0.1, 0.15) is 5.75 Å². The Bertz CT molecular complexity index is 470. The molecule has 0 N–H and O–H groups in total. The monoisotopic (exact) mass is 309 g/mol. The minimum Gasteiger partial charge on any atom is -0.497 e. The van der Waals surface area contributed by atoms with E-state index < -0.39 is 0 Å². The number of thioether (sulfide) groups is 1. The summed E-state index contributed by atoms with van der Waals surface area (Å²) < 4.78 is 6.13. The molecule has 1 heterocycles. The maximum absolute atomic E-state index is 5.12. The second kappa shape index (κ2) is 6.07. The molecule has 0 spiro atoms. The Hall–Kier alpha value is -1.00. The van der Waals surface area contributed by atoms with Crippen LogP contribution in [0.15, 0.2) is 52.0 Å². The van der Waals surface area contributed by atoms with Crippen LogP contribution < -0.4 is 4.74 Å². The number of ether oxygens (including phenoxy) is 1. The fourth-order valence-corrected chi connectivity index (χ4v) is 2.37. The maximum Gasteiger partial charge on any atom is 0.118 e. The van der Waals surface area contributed by atoms with Crippen LogP contribution in [0.25, 0.3) is 0 Å². The molecule has 0 bridgehead atoms. The average molecular weight is 310 g/mol. The Kier molecular flexibility index (Phi) is 4.45. The maximum atomic E-state index is 5.12. The van der Waals surface area contributed by atoms with Crippen molar-refractivity contribution in [3.05, 3.63) is 52.8 Å². The fraction of sp³-hybridized carbons (Fsp3) is 0.154. The van der Waals surface area contributed by atoms with Gasteiger partial charge in [-0.15, -0.1) is 11.8 Å². The van der Waals surface area contributed by atoms with Gasteiger partial charge in [0.15, 0.2) is 0 Å². The van der Waals surface area contributed by atoms with Crippen LogP contribution >= 0.6 is 27.7 Å². The summed E-state index contributed by atoms with van der Waals surface area (Å²) in [6.07, 6.45) is 1.82. The topological polar surface area (TPSA) is 22.1 Å². The summed E-state index contributed by atoms with van der Waals surface area (Å²) in [7, 11) is 1.67. The van der Waals surface area contributed by atoms with E-state index in [-0.39, 0.29) is 0 Å². The average Bonchev–Trinajstić information content (AvgIpc) is 2.39. The van der Waals surface area contributed by atoms with E-state index in [0.717, 1.165) is 21.7 Å². The molecule has 88 valence electrons. The number of nitrogens with zero attached hydrogens (tertiary/aromatic N) is 1. The molecule has 0 atom stereocenters. The highest BCUT2D eigenvalue weighted by Crippen LogP contribution is 2.24. The number of hydrogen-bond acceptors (Lipinski definition) is 3. The highest BCUT2D eigenvalue weighted by molar-refractivity contribution is 9.10. The summed E-state index contributed by atoms with van der Waals surface area (Å²) in [4.78, 5) is 5.55. The fourth-order valence-electron chi connectivity index (χ4n) is 1.32. The Morgan fingerprint density at radius 1 is 1.18 bits per heavy atom. The van der Waals surface area contributed by atoms with E-state index in [0.29, 0.717) is 0 Å². The van der Waals surface area contributed by atoms with Crippen molar-refractivity contribution in [2.45, 2.75) is 10.6 Å². The van der Waals surface area contributed by atoms with Crippen molar-refractivity contribution in [1.29, 1.82) is 0 Å². The van der Waals surface area contributed by atoms with E-state index in [2.05, 4.69) is 33.0 Å². The molecule has 0 saturated heterocycles. The highest BCUT2D eigenvalue weighted by atomic mass is 79.9. The van der Waals surface area contributed by atoms with Gasteiger partial charge < -0.3 is 4.74 Å². The van der Waals surface area contributed by atoms with Crippen molar-refractivity contribution in [3.8, 4) is 5.75 Å². The lowest BCUT2D eigenvalue weighted by Crippen LogP contribution is -1.86. The smallest absolute Gasteiger partial charge is 0.118 e. The van der Waals surface area contributed by atoms with Crippen LogP contribution in [0.4, 0.5) is 0 Å². The normalized spacial score (nSPS) is 10.2. The number of methoxy groups -OCH3 is 1. The molecule has 0 radical (unpaired) electrons. The number of rotatable bonds is 4. The quantitative estimate of drug-likeness (QED) is 0.792. The van der Waals surface area contributed by atoms with Crippen LogP contribution in [0.1, 0.15) is 5.69 Å². The molecule has 0 aliphatic carbocycles. The molecule has 0 aliphatic rings. The van der Waals surface area contributed by atoms with Gasteiger partial charge >= 0.3 is 0 Å². The van der Waals surface area contributed by atoms with Crippen molar-refractivity contribution in [2.24, 2.45) is 0 Å². The number of hydrogen-bond donors (Lipinski definition) is 0. The third-order valence-electron chi connectivity index (χ3n) is 2.23. The first-order chi connectivity index (χ1) is 8.28. The first-order valence-electron chi connectivity index (χ1n) is 5.15. The molecule has 2 nitrogen and oxygen atoms in total. The molecule has 1 aromatic heterocycles. The van der Waals surface area contributed by atoms with E-state index >= 15 is 0 Å². The zero-order valence-corrected chi connectivity index (χ0v) is 11.8. The summed E-state index contributed by atoms with van der Waals surface area (Å²) in [6.45, 7) is 0. The molecule has 4 heteroatoms. The number of aromatic nitrogens is 1. The molecule has 0 aliphatic heterocycles. The van der Waals surface area contributed by atoms with Crippen molar-refractivity contribution in [3.63, 3.8) is 0 Å². The lowest BCUT2D eigenvalue weighted by molar-refractivity contribution is 0.414. The van der Waals surface area contributed by atoms with Gasteiger partial charge in [0.05, 0.1) is 12.8 Å². The summed E-state index contributed by atoms with van der Waals surface area (Å²) in [5, 5.41) is 0. The van der Waals surface area contributed by atoms with Crippen LogP contribution in [0.2, 0.25) is 0 Å². The van der Waals surface area contributed by atoms with Crippen molar-refractivity contribution < 1.29 is 4.74 Å². The first kappa shape index (κ1) is 12.5.